The Morgan fingerprint density at radius 2 is 1.88 bits per heavy atom. The Labute approximate surface area is 162 Å². The fraction of sp³-hybridized carbons (Fsp3) is 0.200. The topological polar surface area (TPSA) is 46.9 Å². The molecule has 6 heteroatoms. The largest absolute Gasteiger partial charge is 0.311 e. The lowest BCUT2D eigenvalue weighted by Gasteiger charge is -2.10. The Balaban J connectivity index is 1.61. The average molecular weight is 388 g/mol. The molecule has 0 unspecified atom stereocenters. The Morgan fingerprint density at radius 1 is 1.12 bits per heavy atom. The average Bonchev–Trinajstić information content (AvgIpc) is 3.03. The van der Waals surface area contributed by atoms with Crippen LogP contribution in [0.15, 0.2) is 54.7 Å². The lowest BCUT2D eigenvalue weighted by molar-refractivity contribution is -0.116. The summed E-state index contributed by atoms with van der Waals surface area (Å²) in [6.45, 7) is 2.50. The number of carbonyl (C=O) groups is 1. The maximum atomic E-state index is 12.3. The number of hydrogen-bond acceptors (Lipinski definition) is 2. The van der Waals surface area contributed by atoms with Crippen LogP contribution in [-0.2, 0) is 17.8 Å². The zero-order valence-corrected chi connectivity index (χ0v) is 15.9. The molecule has 0 fully saturated rings. The second-order valence-electron chi connectivity index (χ2n) is 6.14. The molecule has 3 aromatic rings. The Hall–Kier alpha value is -2.30. The Morgan fingerprint density at radius 3 is 2.62 bits per heavy atom. The molecule has 0 saturated heterocycles. The van der Waals surface area contributed by atoms with Crippen molar-refractivity contribution in [3.63, 3.8) is 0 Å². The van der Waals surface area contributed by atoms with E-state index in [1.165, 1.54) is 5.56 Å². The van der Waals surface area contributed by atoms with Gasteiger partial charge in [0.25, 0.3) is 0 Å². The van der Waals surface area contributed by atoms with Gasteiger partial charge in [-0.1, -0.05) is 59.1 Å². The van der Waals surface area contributed by atoms with Gasteiger partial charge in [-0.15, -0.1) is 0 Å². The molecule has 0 spiro atoms. The van der Waals surface area contributed by atoms with E-state index >= 15 is 0 Å². The Kier molecular flexibility index (Phi) is 5.96. The predicted octanol–water partition coefficient (Wildman–Crippen LogP) is 5.12. The van der Waals surface area contributed by atoms with E-state index < -0.39 is 0 Å². The molecule has 0 aliphatic rings. The molecule has 0 radical (unpaired) electrons. The molecule has 1 amide bonds. The third-order valence-corrected chi connectivity index (χ3v) is 4.67. The first-order valence-corrected chi connectivity index (χ1v) is 9.08. The van der Waals surface area contributed by atoms with Crippen LogP contribution in [0.3, 0.4) is 0 Å². The van der Waals surface area contributed by atoms with E-state index in [2.05, 4.69) is 34.7 Å². The summed E-state index contributed by atoms with van der Waals surface area (Å²) in [7, 11) is 0. The third kappa shape index (κ3) is 4.87. The van der Waals surface area contributed by atoms with Gasteiger partial charge in [0.1, 0.15) is 5.82 Å². The number of halogens is 2. The maximum Gasteiger partial charge on any atom is 0.225 e. The molecular formula is C20H19Cl2N3O. The van der Waals surface area contributed by atoms with E-state index in [0.29, 0.717) is 35.2 Å². The van der Waals surface area contributed by atoms with Crippen LogP contribution in [0, 0.1) is 6.92 Å². The number of carbonyl (C=O) groups excluding carboxylic acids is 1. The summed E-state index contributed by atoms with van der Waals surface area (Å²) in [4.78, 5) is 12.3. The van der Waals surface area contributed by atoms with Crippen molar-refractivity contribution in [2.24, 2.45) is 0 Å². The quantitative estimate of drug-likeness (QED) is 0.637. The van der Waals surface area contributed by atoms with Crippen molar-refractivity contribution < 1.29 is 4.79 Å². The number of aromatic nitrogens is 2. The van der Waals surface area contributed by atoms with Crippen molar-refractivity contribution in [3.05, 3.63) is 81.5 Å². The molecule has 1 heterocycles. The van der Waals surface area contributed by atoms with Crippen molar-refractivity contribution in [1.82, 2.24) is 9.78 Å². The minimum Gasteiger partial charge on any atom is -0.311 e. The van der Waals surface area contributed by atoms with Crippen LogP contribution in [0.2, 0.25) is 10.0 Å². The highest BCUT2D eigenvalue weighted by atomic mass is 35.5. The summed E-state index contributed by atoms with van der Waals surface area (Å²) in [5.74, 6) is 0.597. The molecule has 0 aliphatic carbocycles. The first-order valence-electron chi connectivity index (χ1n) is 8.32. The summed E-state index contributed by atoms with van der Waals surface area (Å²) in [5.41, 5.74) is 3.24. The van der Waals surface area contributed by atoms with Gasteiger partial charge in [0.2, 0.25) is 5.91 Å². The van der Waals surface area contributed by atoms with Crippen LogP contribution < -0.4 is 5.32 Å². The highest BCUT2D eigenvalue weighted by molar-refractivity contribution is 6.35. The van der Waals surface area contributed by atoms with Crippen molar-refractivity contribution in [2.45, 2.75) is 26.3 Å². The summed E-state index contributed by atoms with van der Waals surface area (Å²) >= 11 is 12.1. The summed E-state index contributed by atoms with van der Waals surface area (Å²) in [6.07, 6.45) is 2.76. The molecule has 2 aromatic carbocycles. The van der Waals surface area contributed by atoms with Crippen molar-refractivity contribution in [1.29, 1.82) is 0 Å². The molecule has 26 heavy (non-hydrogen) atoms. The van der Waals surface area contributed by atoms with Crippen LogP contribution in [0.1, 0.15) is 23.1 Å². The lowest BCUT2D eigenvalue weighted by Crippen LogP contribution is -2.16. The van der Waals surface area contributed by atoms with Gasteiger partial charge >= 0.3 is 0 Å². The van der Waals surface area contributed by atoms with Gasteiger partial charge in [-0.25, -0.2) is 4.68 Å². The van der Waals surface area contributed by atoms with Crippen molar-refractivity contribution >= 4 is 34.9 Å². The molecule has 3 rings (SSSR count). The van der Waals surface area contributed by atoms with Crippen LogP contribution in [0.5, 0.6) is 0 Å². The van der Waals surface area contributed by atoms with Crippen LogP contribution in [0.25, 0.3) is 0 Å². The highest BCUT2D eigenvalue weighted by Gasteiger charge is 2.10. The Bertz CT molecular complexity index is 904. The smallest absolute Gasteiger partial charge is 0.225 e. The minimum atomic E-state index is -0.0467. The van der Waals surface area contributed by atoms with Crippen molar-refractivity contribution in [3.8, 4) is 0 Å². The maximum absolute atomic E-state index is 12.3. The molecular weight excluding hydrogens is 369 g/mol. The SMILES string of the molecule is Cc1ccc(CCC(=O)Nc2ccnn2Cc2ccc(Cl)cc2Cl)cc1. The van der Waals surface area contributed by atoms with E-state index in [0.717, 1.165) is 11.1 Å². The molecule has 1 N–H and O–H groups in total. The number of rotatable bonds is 6. The van der Waals surface area contributed by atoms with Crippen LogP contribution in [-0.4, -0.2) is 15.7 Å². The van der Waals surface area contributed by atoms with Crippen LogP contribution in [0.4, 0.5) is 5.82 Å². The van der Waals surface area contributed by atoms with Gasteiger partial charge in [0, 0.05) is 22.5 Å². The van der Waals surface area contributed by atoms with Gasteiger partial charge in [-0.05, 0) is 36.6 Å². The number of aryl methyl sites for hydroxylation is 2. The summed E-state index contributed by atoms with van der Waals surface area (Å²) in [5, 5.41) is 8.34. The van der Waals surface area contributed by atoms with Gasteiger partial charge in [-0.3, -0.25) is 4.79 Å². The van der Waals surface area contributed by atoms with E-state index in [1.807, 2.05) is 13.0 Å². The number of anilines is 1. The van der Waals surface area contributed by atoms with Crippen molar-refractivity contribution in [2.75, 3.05) is 5.32 Å². The second kappa shape index (κ2) is 8.39. The minimum absolute atomic E-state index is 0.0467. The van der Waals surface area contributed by atoms with Crippen LogP contribution >= 0.6 is 23.2 Å². The first-order chi connectivity index (χ1) is 12.5. The zero-order chi connectivity index (χ0) is 18.5. The number of nitrogens with one attached hydrogen (secondary N) is 1. The normalized spacial score (nSPS) is 10.7. The van der Waals surface area contributed by atoms with E-state index in [1.54, 1.807) is 29.1 Å². The molecule has 0 aliphatic heterocycles. The molecule has 0 atom stereocenters. The van der Waals surface area contributed by atoms with Gasteiger partial charge in [0.15, 0.2) is 0 Å². The third-order valence-electron chi connectivity index (χ3n) is 4.08. The molecule has 0 bridgehead atoms. The standard InChI is InChI=1S/C20H19Cl2N3O/c1-14-2-4-15(5-3-14)6-9-20(26)24-19-10-11-23-25(19)13-16-7-8-17(21)12-18(16)22/h2-5,7-8,10-12H,6,9,13H2,1H3,(H,24,26). The van der Waals surface area contributed by atoms with E-state index in [-0.39, 0.29) is 5.91 Å². The number of benzene rings is 2. The summed E-state index contributed by atoms with van der Waals surface area (Å²) in [6, 6.07) is 15.3. The van der Waals surface area contributed by atoms with Gasteiger partial charge < -0.3 is 5.32 Å². The fourth-order valence-electron chi connectivity index (χ4n) is 2.59. The second-order valence-corrected chi connectivity index (χ2v) is 6.99. The highest BCUT2D eigenvalue weighted by Crippen LogP contribution is 2.22. The van der Waals surface area contributed by atoms with Gasteiger partial charge in [-0.2, -0.15) is 5.10 Å². The number of hydrogen-bond donors (Lipinski definition) is 1. The number of nitrogens with zero attached hydrogens (tertiary/aromatic N) is 2. The van der Waals surface area contributed by atoms with E-state index in [4.69, 9.17) is 23.2 Å². The number of amides is 1. The van der Waals surface area contributed by atoms with E-state index in [9.17, 15) is 4.79 Å². The molecule has 0 saturated carbocycles. The fourth-order valence-corrected chi connectivity index (χ4v) is 3.06. The predicted molar refractivity (Wildman–Crippen MR) is 106 cm³/mol. The molecule has 134 valence electrons. The lowest BCUT2D eigenvalue weighted by atomic mass is 10.1. The molecule has 1 aromatic heterocycles. The molecule has 4 nitrogen and oxygen atoms in total. The zero-order valence-electron chi connectivity index (χ0n) is 14.4. The summed E-state index contributed by atoms with van der Waals surface area (Å²) < 4.78 is 1.71. The van der Waals surface area contributed by atoms with Gasteiger partial charge in [0.05, 0.1) is 12.7 Å². The first kappa shape index (κ1) is 18.5. The monoisotopic (exact) mass is 387 g/mol.